The van der Waals surface area contributed by atoms with Crippen LogP contribution >= 0.6 is 11.3 Å². The van der Waals surface area contributed by atoms with E-state index in [1.165, 1.54) is 22.5 Å². The quantitative estimate of drug-likeness (QED) is 0.572. The molecule has 5 nitrogen and oxygen atoms in total. The van der Waals surface area contributed by atoms with E-state index in [1.807, 2.05) is 48.7 Å². The van der Waals surface area contributed by atoms with Gasteiger partial charge in [0.1, 0.15) is 17.4 Å². The Morgan fingerprint density at radius 3 is 2.52 bits per heavy atom. The average molecular weight is 410 g/mol. The number of aryl methyl sites for hydroxylation is 1. The van der Waals surface area contributed by atoms with Crippen LogP contribution in [0.15, 0.2) is 53.9 Å². The number of hydrogen-bond acceptors (Lipinski definition) is 5. The summed E-state index contributed by atoms with van der Waals surface area (Å²) < 4.78 is 5.75. The lowest BCUT2D eigenvalue weighted by Gasteiger charge is -2.10. The van der Waals surface area contributed by atoms with Crippen molar-refractivity contribution in [1.82, 2.24) is 9.88 Å². The van der Waals surface area contributed by atoms with Crippen LogP contribution in [0.3, 0.4) is 0 Å². The second kappa shape index (κ2) is 10.2. The highest BCUT2D eigenvalue weighted by Crippen LogP contribution is 2.17. The predicted octanol–water partition coefficient (Wildman–Crippen LogP) is 4.32. The maximum absolute atomic E-state index is 12.3. The van der Waals surface area contributed by atoms with E-state index in [1.54, 1.807) is 0 Å². The molecule has 2 aromatic carbocycles. The van der Waals surface area contributed by atoms with Gasteiger partial charge < -0.3 is 15.0 Å². The van der Waals surface area contributed by atoms with E-state index in [9.17, 15) is 4.79 Å². The Morgan fingerprint density at radius 1 is 1.10 bits per heavy atom. The molecular formula is C23H27N3O2S. The first-order valence-corrected chi connectivity index (χ1v) is 10.5. The number of likely N-dealkylation sites (N-methyl/N-ethyl adjacent to an activating group) is 1. The zero-order chi connectivity index (χ0) is 20.6. The van der Waals surface area contributed by atoms with Crippen molar-refractivity contribution in [2.45, 2.75) is 26.4 Å². The molecule has 6 heteroatoms. The van der Waals surface area contributed by atoms with Crippen molar-refractivity contribution in [1.29, 1.82) is 0 Å². The van der Waals surface area contributed by atoms with Crippen LogP contribution in [0.2, 0.25) is 0 Å². The number of carbonyl (C=O) groups excluding carboxylic acids is 1. The maximum atomic E-state index is 12.3. The Kier molecular flexibility index (Phi) is 7.38. The number of carbonyl (C=O) groups is 1. The van der Waals surface area contributed by atoms with Gasteiger partial charge in [-0.2, -0.15) is 0 Å². The van der Waals surface area contributed by atoms with Crippen LogP contribution in [0.5, 0.6) is 5.75 Å². The number of hydrogen-bond donors (Lipinski definition) is 1. The van der Waals surface area contributed by atoms with Gasteiger partial charge in [-0.15, -0.1) is 11.3 Å². The lowest BCUT2D eigenvalue weighted by molar-refractivity contribution is -0.115. The molecule has 3 aromatic rings. The highest BCUT2D eigenvalue weighted by molar-refractivity contribution is 7.09. The largest absolute Gasteiger partial charge is 0.486 e. The fraction of sp³-hybridized carbons (Fsp3) is 0.304. The third kappa shape index (κ3) is 7.00. The van der Waals surface area contributed by atoms with Gasteiger partial charge in [0, 0.05) is 17.6 Å². The van der Waals surface area contributed by atoms with Crippen molar-refractivity contribution in [3.8, 4) is 5.75 Å². The zero-order valence-corrected chi connectivity index (χ0v) is 18.0. The minimum absolute atomic E-state index is 0.0673. The van der Waals surface area contributed by atoms with Crippen LogP contribution in [0.1, 0.15) is 21.8 Å². The van der Waals surface area contributed by atoms with E-state index in [2.05, 4.69) is 41.4 Å². The van der Waals surface area contributed by atoms with Gasteiger partial charge in [-0.1, -0.05) is 29.8 Å². The number of rotatable bonds is 9. The number of nitrogens with one attached hydrogen (secondary N) is 1. The molecule has 0 aliphatic carbocycles. The monoisotopic (exact) mass is 409 g/mol. The molecule has 0 spiro atoms. The SMILES string of the molecule is Cc1ccc(OCc2nc(CC(=O)Nc3ccc(CCN(C)C)cc3)cs2)cc1. The van der Waals surface area contributed by atoms with Crippen LogP contribution in [0.4, 0.5) is 5.69 Å². The van der Waals surface area contributed by atoms with Crippen molar-refractivity contribution in [2.24, 2.45) is 0 Å². The number of aromatic nitrogens is 1. The van der Waals surface area contributed by atoms with Gasteiger partial charge in [-0.05, 0) is 57.3 Å². The zero-order valence-electron chi connectivity index (χ0n) is 17.1. The van der Waals surface area contributed by atoms with Crippen molar-refractivity contribution in [2.75, 3.05) is 26.0 Å². The minimum Gasteiger partial charge on any atom is -0.486 e. The molecule has 29 heavy (non-hydrogen) atoms. The minimum atomic E-state index is -0.0673. The summed E-state index contributed by atoms with van der Waals surface area (Å²) in [5.74, 6) is 0.751. The van der Waals surface area contributed by atoms with E-state index in [0.29, 0.717) is 6.61 Å². The molecule has 0 unspecified atom stereocenters. The van der Waals surface area contributed by atoms with Gasteiger partial charge in [-0.3, -0.25) is 4.79 Å². The topological polar surface area (TPSA) is 54.5 Å². The Hall–Kier alpha value is -2.70. The lowest BCUT2D eigenvalue weighted by Crippen LogP contribution is -2.16. The summed E-state index contributed by atoms with van der Waals surface area (Å²) in [6.07, 6.45) is 1.25. The molecular weight excluding hydrogens is 382 g/mol. The molecule has 152 valence electrons. The summed E-state index contributed by atoms with van der Waals surface area (Å²) in [6.45, 7) is 3.46. The smallest absolute Gasteiger partial charge is 0.230 e. The highest BCUT2D eigenvalue weighted by Gasteiger charge is 2.09. The van der Waals surface area contributed by atoms with E-state index in [4.69, 9.17) is 4.74 Å². The fourth-order valence-corrected chi connectivity index (χ4v) is 3.46. The van der Waals surface area contributed by atoms with Crippen molar-refractivity contribution >= 4 is 22.9 Å². The van der Waals surface area contributed by atoms with Gasteiger partial charge in [0.05, 0.1) is 12.1 Å². The molecule has 3 rings (SSSR count). The van der Waals surface area contributed by atoms with Crippen molar-refractivity contribution < 1.29 is 9.53 Å². The van der Waals surface area contributed by atoms with E-state index >= 15 is 0 Å². The van der Waals surface area contributed by atoms with Gasteiger partial charge in [0.25, 0.3) is 0 Å². The molecule has 1 heterocycles. The molecule has 0 fully saturated rings. The first-order chi connectivity index (χ1) is 14.0. The number of benzene rings is 2. The Morgan fingerprint density at radius 2 is 1.83 bits per heavy atom. The van der Waals surface area contributed by atoms with E-state index in [-0.39, 0.29) is 12.3 Å². The molecule has 1 N–H and O–H groups in total. The first-order valence-electron chi connectivity index (χ1n) is 9.64. The molecule has 0 aliphatic heterocycles. The molecule has 0 aliphatic rings. The summed E-state index contributed by atoms with van der Waals surface area (Å²) >= 11 is 1.51. The highest BCUT2D eigenvalue weighted by atomic mass is 32.1. The van der Waals surface area contributed by atoms with Gasteiger partial charge in [0.15, 0.2) is 0 Å². The Labute approximate surface area is 176 Å². The van der Waals surface area contributed by atoms with E-state index < -0.39 is 0 Å². The van der Waals surface area contributed by atoms with Crippen LogP contribution in [0, 0.1) is 6.92 Å². The number of amides is 1. The lowest BCUT2D eigenvalue weighted by atomic mass is 10.1. The number of anilines is 1. The molecule has 0 saturated carbocycles. The normalized spacial score (nSPS) is 10.9. The average Bonchev–Trinajstić information content (AvgIpc) is 3.14. The molecule has 1 aromatic heterocycles. The summed E-state index contributed by atoms with van der Waals surface area (Å²) in [6, 6.07) is 15.9. The number of ether oxygens (including phenoxy) is 1. The molecule has 0 radical (unpaired) electrons. The third-order valence-corrected chi connectivity index (χ3v) is 5.28. The van der Waals surface area contributed by atoms with Gasteiger partial charge in [-0.25, -0.2) is 4.98 Å². The third-order valence-electron chi connectivity index (χ3n) is 4.41. The Balaban J connectivity index is 1.46. The van der Waals surface area contributed by atoms with Crippen molar-refractivity contribution in [3.63, 3.8) is 0 Å². The second-order valence-corrected chi connectivity index (χ2v) is 8.25. The van der Waals surface area contributed by atoms with Gasteiger partial charge in [0.2, 0.25) is 5.91 Å². The fourth-order valence-electron chi connectivity index (χ4n) is 2.75. The standard InChI is InChI=1S/C23H27N3O2S/c1-17-4-10-21(11-5-17)28-15-23-25-20(16-29-23)14-22(27)24-19-8-6-18(7-9-19)12-13-26(2)3/h4-11,16H,12-15H2,1-3H3,(H,24,27). The number of thiazole rings is 1. The Bertz CT molecular complexity index is 918. The first kappa shape index (κ1) is 21.0. The van der Waals surface area contributed by atoms with Crippen LogP contribution in [0.25, 0.3) is 0 Å². The van der Waals surface area contributed by atoms with E-state index in [0.717, 1.165) is 35.1 Å². The van der Waals surface area contributed by atoms with Crippen LogP contribution in [-0.2, 0) is 24.2 Å². The predicted molar refractivity (Wildman–Crippen MR) is 119 cm³/mol. The summed E-state index contributed by atoms with van der Waals surface area (Å²) in [4.78, 5) is 19.0. The molecule has 0 atom stereocenters. The maximum Gasteiger partial charge on any atom is 0.230 e. The molecule has 1 amide bonds. The summed E-state index contributed by atoms with van der Waals surface area (Å²) in [5.41, 5.74) is 4.02. The molecule has 0 saturated heterocycles. The summed E-state index contributed by atoms with van der Waals surface area (Å²) in [5, 5.41) is 5.71. The molecule has 0 bridgehead atoms. The second-order valence-electron chi connectivity index (χ2n) is 7.31. The van der Waals surface area contributed by atoms with Crippen molar-refractivity contribution in [3.05, 3.63) is 75.7 Å². The van der Waals surface area contributed by atoms with Crippen LogP contribution < -0.4 is 10.1 Å². The number of nitrogens with zero attached hydrogens (tertiary/aromatic N) is 2. The summed E-state index contributed by atoms with van der Waals surface area (Å²) in [7, 11) is 4.13. The van der Waals surface area contributed by atoms with Gasteiger partial charge >= 0.3 is 0 Å². The van der Waals surface area contributed by atoms with Crippen LogP contribution in [-0.4, -0.2) is 36.4 Å².